The second kappa shape index (κ2) is 16.5. The summed E-state index contributed by atoms with van der Waals surface area (Å²) in [7, 11) is 0. The van der Waals surface area contributed by atoms with Crippen molar-refractivity contribution in [2.75, 3.05) is 13.2 Å². The molecule has 1 aliphatic carbocycles. The van der Waals surface area contributed by atoms with E-state index in [2.05, 4.69) is 4.98 Å². The van der Waals surface area contributed by atoms with E-state index in [0.29, 0.717) is 42.1 Å². The van der Waals surface area contributed by atoms with Crippen molar-refractivity contribution in [3.05, 3.63) is 107 Å². The van der Waals surface area contributed by atoms with Crippen LogP contribution in [0.3, 0.4) is 0 Å². The van der Waals surface area contributed by atoms with Gasteiger partial charge in [-0.05, 0) is 85.7 Å². The minimum absolute atomic E-state index is 0. The number of carboxylic acids is 1. The van der Waals surface area contributed by atoms with Crippen LogP contribution in [0.5, 0.6) is 17.2 Å². The van der Waals surface area contributed by atoms with E-state index in [4.69, 9.17) is 19.0 Å². The van der Waals surface area contributed by atoms with Gasteiger partial charge in [0.1, 0.15) is 29.6 Å². The van der Waals surface area contributed by atoms with E-state index in [1.165, 1.54) is 0 Å². The second-order valence-corrected chi connectivity index (χ2v) is 10.3. The number of hydrogen-bond acceptors (Lipinski definition) is 7. The molecule has 4 aromatic rings. The minimum Gasteiger partial charge on any atom is -0.508 e. The van der Waals surface area contributed by atoms with Crippen LogP contribution in [-0.2, 0) is 17.8 Å². The first-order valence-electron chi connectivity index (χ1n) is 13.8. The third kappa shape index (κ3) is 11.3. The van der Waals surface area contributed by atoms with Crippen LogP contribution in [0.1, 0.15) is 52.8 Å². The Morgan fingerprint density at radius 1 is 0.977 bits per heavy atom. The van der Waals surface area contributed by atoms with E-state index in [0.717, 1.165) is 45.9 Å². The fraction of sp³-hybridized carbons (Fsp3) is 0.303. The average Bonchev–Trinajstić information content (AvgIpc) is 3.74. The molecule has 0 saturated heterocycles. The minimum atomic E-state index is -1.11. The Kier molecular flexibility index (Phi) is 13.1. The molecule has 10 heteroatoms. The fourth-order valence-electron chi connectivity index (χ4n) is 4.37. The molecule has 1 aliphatic rings. The molecule has 1 saturated carbocycles. The standard InChI is InChI=1S/C26H28N2O6.C7H8O.Ac/c1-17-24(27-18(2)33-17)12-13-32-22-10-6-19(7-11-22)15-28(16-25(29)30)26(31)34-23-5-3-4-21(14-23)20-8-9-20;1-6-3-2-4-7(8)5-6;/h3-7,10-11,14,20H,8-9,12-13,15-16H2,1-2H3,(H,29,30);2-5,8H,1H3;. The van der Waals surface area contributed by atoms with Crippen molar-refractivity contribution in [1.29, 1.82) is 0 Å². The molecule has 0 atom stereocenters. The molecule has 5 rings (SSSR count). The fourth-order valence-corrected chi connectivity index (χ4v) is 4.37. The maximum absolute atomic E-state index is 12.7. The number of aromatic nitrogens is 1. The van der Waals surface area contributed by atoms with Crippen molar-refractivity contribution in [3.63, 3.8) is 0 Å². The number of rotatable bonds is 10. The van der Waals surface area contributed by atoms with Crippen molar-refractivity contribution in [2.24, 2.45) is 0 Å². The van der Waals surface area contributed by atoms with Crippen LogP contribution in [0.25, 0.3) is 0 Å². The molecular weight excluding hydrogens is 763 g/mol. The Hall–Kier alpha value is -3.35. The molecule has 0 aliphatic heterocycles. The Labute approximate surface area is 287 Å². The van der Waals surface area contributed by atoms with Crippen molar-refractivity contribution in [3.8, 4) is 17.2 Å². The number of ether oxygens (including phenoxy) is 2. The monoisotopic (exact) mass is 799 g/mol. The normalized spacial score (nSPS) is 11.9. The van der Waals surface area contributed by atoms with Gasteiger partial charge in [-0.1, -0.05) is 36.4 Å². The molecule has 43 heavy (non-hydrogen) atoms. The number of amides is 1. The summed E-state index contributed by atoms with van der Waals surface area (Å²) in [5.41, 5.74) is 3.87. The van der Waals surface area contributed by atoms with Gasteiger partial charge in [-0.2, -0.15) is 0 Å². The number of phenols is 1. The number of aryl methyl sites for hydroxylation is 3. The molecule has 0 bridgehead atoms. The van der Waals surface area contributed by atoms with Crippen LogP contribution in [0, 0.1) is 64.8 Å². The largest absolute Gasteiger partial charge is 0.508 e. The van der Waals surface area contributed by atoms with Gasteiger partial charge in [0, 0.05) is 64.0 Å². The molecule has 0 unspecified atom stereocenters. The number of carbonyl (C=O) groups excluding carboxylic acids is 1. The molecule has 1 radical (unpaired) electrons. The van der Waals surface area contributed by atoms with Crippen LogP contribution < -0.4 is 9.47 Å². The van der Waals surface area contributed by atoms with E-state index in [1.807, 2.05) is 51.1 Å². The summed E-state index contributed by atoms with van der Waals surface area (Å²) in [5, 5.41) is 18.1. The first-order valence-corrected chi connectivity index (χ1v) is 13.8. The van der Waals surface area contributed by atoms with E-state index < -0.39 is 18.6 Å². The van der Waals surface area contributed by atoms with Gasteiger partial charge in [0.15, 0.2) is 5.89 Å². The van der Waals surface area contributed by atoms with Crippen molar-refractivity contribution in [1.82, 2.24) is 9.88 Å². The zero-order valence-corrected chi connectivity index (χ0v) is 29.4. The first kappa shape index (κ1) is 34.1. The summed E-state index contributed by atoms with van der Waals surface area (Å²) < 4.78 is 16.7. The first-order chi connectivity index (χ1) is 20.2. The number of oxazole rings is 1. The second-order valence-electron chi connectivity index (χ2n) is 10.3. The van der Waals surface area contributed by atoms with Crippen molar-refractivity contribution >= 4 is 12.1 Å². The molecule has 1 amide bonds. The van der Waals surface area contributed by atoms with Crippen LogP contribution >= 0.6 is 0 Å². The van der Waals surface area contributed by atoms with E-state index in [1.54, 1.807) is 42.5 Å². The summed E-state index contributed by atoms with van der Waals surface area (Å²) in [4.78, 5) is 29.6. The molecule has 223 valence electrons. The number of phenolic OH excluding ortho intramolecular Hbond substituents is 1. The summed E-state index contributed by atoms with van der Waals surface area (Å²) in [6.45, 7) is 5.72. The predicted molar refractivity (Wildman–Crippen MR) is 157 cm³/mol. The predicted octanol–water partition coefficient (Wildman–Crippen LogP) is 6.58. The van der Waals surface area contributed by atoms with Gasteiger partial charge >= 0.3 is 12.1 Å². The van der Waals surface area contributed by atoms with Crippen LogP contribution in [0.2, 0.25) is 0 Å². The number of benzene rings is 3. The third-order valence-corrected chi connectivity index (χ3v) is 6.60. The van der Waals surface area contributed by atoms with Gasteiger partial charge in [0.05, 0.1) is 12.3 Å². The van der Waals surface area contributed by atoms with Gasteiger partial charge in [-0.3, -0.25) is 9.69 Å². The van der Waals surface area contributed by atoms with Gasteiger partial charge in [-0.15, -0.1) is 0 Å². The Balaban J connectivity index is 0.000000488. The maximum Gasteiger partial charge on any atom is 0.416 e. The molecule has 1 fully saturated rings. The van der Waals surface area contributed by atoms with E-state index >= 15 is 0 Å². The summed E-state index contributed by atoms with van der Waals surface area (Å²) in [5.74, 6) is 2.28. The molecule has 1 aromatic heterocycles. The topological polar surface area (TPSA) is 122 Å². The number of nitrogens with zero attached hydrogens (tertiary/aromatic N) is 2. The summed E-state index contributed by atoms with van der Waals surface area (Å²) in [6, 6.07) is 21.8. The molecular formula is C33H36AcN2O7. The van der Waals surface area contributed by atoms with Crippen LogP contribution in [0.4, 0.5) is 4.79 Å². The SMILES string of the molecule is Cc1cccc(O)c1.Cc1nc(CCOc2ccc(CN(CC(=O)O)C(=O)Oc3cccc(C4CC4)c3)cc2)c(C)o1.[Ac]. The molecule has 2 N–H and O–H groups in total. The van der Waals surface area contributed by atoms with E-state index in [-0.39, 0.29) is 50.6 Å². The smallest absolute Gasteiger partial charge is 0.416 e. The molecule has 3 aromatic carbocycles. The number of hydrogen-bond donors (Lipinski definition) is 2. The van der Waals surface area contributed by atoms with Crippen LogP contribution in [-0.4, -0.2) is 45.3 Å². The van der Waals surface area contributed by atoms with Crippen LogP contribution in [0.15, 0.2) is 77.2 Å². The van der Waals surface area contributed by atoms with E-state index in [9.17, 15) is 14.7 Å². The zero-order valence-electron chi connectivity index (χ0n) is 24.7. The quantitative estimate of drug-likeness (QED) is 0.185. The number of carbonyl (C=O) groups is 2. The Bertz CT molecular complexity index is 1480. The van der Waals surface area contributed by atoms with Gasteiger partial charge in [0.2, 0.25) is 0 Å². The Morgan fingerprint density at radius 3 is 2.28 bits per heavy atom. The Morgan fingerprint density at radius 2 is 1.70 bits per heavy atom. The number of carboxylic acid groups (broad SMARTS) is 1. The zero-order chi connectivity index (χ0) is 30.1. The molecule has 0 spiro atoms. The van der Waals surface area contributed by atoms with Gasteiger partial charge < -0.3 is 24.1 Å². The third-order valence-electron chi connectivity index (χ3n) is 6.60. The van der Waals surface area contributed by atoms with Crippen molar-refractivity contribution in [2.45, 2.75) is 52.5 Å². The average molecular weight is 800 g/mol. The molecule has 9 nitrogen and oxygen atoms in total. The van der Waals surface area contributed by atoms with Gasteiger partial charge in [0.25, 0.3) is 0 Å². The number of aliphatic carboxylic acids is 1. The van der Waals surface area contributed by atoms with Crippen molar-refractivity contribution < 1.29 is 77.8 Å². The molecule has 1 heterocycles. The summed E-state index contributed by atoms with van der Waals surface area (Å²) >= 11 is 0. The number of aromatic hydroxyl groups is 1. The maximum atomic E-state index is 12.7. The van der Waals surface area contributed by atoms with Gasteiger partial charge in [-0.25, -0.2) is 9.78 Å². The summed E-state index contributed by atoms with van der Waals surface area (Å²) in [6.07, 6.45) is 2.21.